The van der Waals surface area contributed by atoms with Gasteiger partial charge in [-0.25, -0.2) is 9.97 Å². The maximum Gasteiger partial charge on any atom is 0.162 e. The van der Waals surface area contributed by atoms with E-state index in [1.807, 2.05) is 11.3 Å². The van der Waals surface area contributed by atoms with Crippen molar-refractivity contribution in [3.05, 3.63) is 176 Å². The molecule has 0 aliphatic rings. The molecule has 3 aromatic heterocycles. The van der Waals surface area contributed by atoms with E-state index in [0.29, 0.717) is 5.82 Å². The number of nitrogens with zero attached hydrogens (tertiary/aromatic N) is 3. The molecule has 0 aliphatic heterocycles. The Morgan fingerprint density at radius 1 is 0.370 bits per heavy atom. The lowest BCUT2D eigenvalue weighted by molar-refractivity contribution is 1.08. The van der Waals surface area contributed by atoms with Crippen LogP contribution in [0.15, 0.2) is 176 Å². The maximum absolute atomic E-state index is 5.53. The number of hydrogen-bond donors (Lipinski definition) is 0. The maximum atomic E-state index is 5.53. The summed E-state index contributed by atoms with van der Waals surface area (Å²) >= 11 is 1.89. The molecule has 54 heavy (non-hydrogen) atoms. The smallest absolute Gasteiger partial charge is 0.162 e. The summed E-state index contributed by atoms with van der Waals surface area (Å²) < 4.78 is 4.99. The van der Waals surface area contributed by atoms with E-state index < -0.39 is 0 Å². The van der Waals surface area contributed by atoms with Crippen LogP contribution in [-0.4, -0.2) is 14.5 Å². The van der Waals surface area contributed by atoms with Crippen LogP contribution in [0.4, 0.5) is 0 Å². The number of hydrogen-bond acceptors (Lipinski definition) is 3. The zero-order valence-corrected chi connectivity index (χ0v) is 29.8. The SMILES string of the molecule is c1ccc(-c2ccc(-c3nc(-n4c5ccccc5c5c6c7ccccc7c7ccccc7c6c6c7ccccc7sc6c54)c4ccccc4n3)cc2)cc1. The van der Waals surface area contributed by atoms with Crippen molar-refractivity contribution in [1.29, 1.82) is 0 Å². The van der Waals surface area contributed by atoms with Gasteiger partial charge in [0.25, 0.3) is 0 Å². The molecule has 0 aliphatic carbocycles. The normalized spacial score (nSPS) is 12.1. The van der Waals surface area contributed by atoms with Gasteiger partial charge >= 0.3 is 0 Å². The quantitative estimate of drug-likeness (QED) is 0.172. The van der Waals surface area contributed by atoms with Crippen molar-refractivity contribution in [3.8, 4) is 28.3 Å². The van der Waals surface area contributed by atoms with E-state index in [2.05, 4.69) is 180 Å². The summed E-state index contributed by atoms with van der Waals surface area (Å²) in [6.07, 6.45) is 0. The Morgan fingerprint density at radius 3 is 1.65 bits per heavy atom. The predicted octanol–water partition coefficient (Wildman–Crippen LogP) is 13.9. The molecule has 0 atom stereocenters. The van der Waals surface area contributed by atoms with Crippen molar-refractivity contribution in [2.75, 3.05) is 0 Å². The molecule has 0 spiro atoms. The lowest BCUT2D eigenvalue weighted by Crippen LogP contribution is -2.03. The van der Waals surface area contributed by atoms with Crippen LogP contribution in [0.1, 0.15) is 0 Å². The molecule has 12 aromatic rings. The highest BCUT2D eigenvalue weighted by Crippen LogP contribution is 2.52. The summed E-state index contributed by atoms with van der Waals surface area (Å²) in [5.74, 6) is 1.59. The highest BCUT2D eigenvalue weighted by molar-refractivity contribution is 7.27. The molecule has 0 bridgehead atoms. The van der Waals surface area contributed by atoms with Gasteiger partial charge < -0.3 is 0 Å². The summed E-state index contributed by atoms with van der Waals surface area (Å²) in [7, 11) is 0. The van der Waals surface area contributed by atoms with E-state index in [1.165, 1.54) is 79.9 Å². The summed E-state index contributed by atoms with van der Waals surface area (Å²) in [6, 6.07) is 63.3. The van der Waals surface area contributed by atoms with Crippen LogP contribution in [0.3, 0.4) is 0 Å². The molecule has 0 unspecified atom stereocenters. The average molecular weight is 704 g/mol. The van der Waals surface area contributed by atoms with E-state index >= 15 is 0 Å². The molecule has 0 radical (unpaired) electrons. The fourth-order valence-corrected chi connectivity index (χ4v) is 10.1. The van der Waals surface area contributed by atoms with Crippen molar-refractivity contribution >= 4 is 96.5 Å². The minimum Gasteiger partial charge on any atom is -0.292 e. The molecule has 4 heteroatoms. The molecule has 0 amide bonds. The van der Waals surface area contributed by atoms with Crippen molar-refractivity contribution in [1.82, 2.24) is 14.5 Å². The van der Waals surface area contributed by atoms with E-state index in [9.17, 15) is 0 Å². The molecular weight excluding hydrogens is 675 g/mol. The van der Waals surface area contributed by atoms with Gasteiger partial charge in [-0.05, 0) is 56.9 Å². The Morgan fingerprint density at radius 2 is 0.907 bits per heavy atom. The molecule has 9 aromatic carbocycles. The third-order valence-electron chi connectivity index (χ3n) is 11.2. The second kappa shape index (κ2) is 11.3. The van der Waals surface area contributed by atoms with Crippen molar-refractivity contribution in [3.63, 3.8) is 0 Å². The van der Waals surface area contributed by atoms with E-state index in [4.69, 9.17) is 9.97 Å². The highest BCUT2D eigenvalue weighted by atomic mass is 32.1. The molecule has 3 heterocycles. The Kier molecular flexibility index (Phi) is 6.21. The van der Waals surface area contributed by atoms with Gasteiger partial charge in [-0.3, -0.25) is 4.57 Å². The number of para-hydroxylation sites is 2. The minimum atomic E-state index is 0.707. The van der Waals surface area contributed by atoms with E-state index in [0.717, 1.165) is 27.8 Å². The highest BCUT2D eigenvalue weighted by Gasteiger charge is 2.26. The molecule has 0 fully saturated rings. The topological polar surface area (TPSA) is 30.7 Å². The third-order valence-corrected chi connectivity index (χ3v) is 12.3. The van der Waals surface area contributed by atoms with Crippen molar-refractivity contribution in [2.24, 2.45) is 0 Å². The molecule has 250 valence electrons. The van der Waals surface area contributed by atoms with Gasteiger partial charge in [-0.2, -0.15) is 0 Å². The van der Waals surface area contributed by atoms with E-state index in [-0.39, 0.29) is 0 Å². The first kappa shape index (κ1) is 29.7. The minimum absolute atomic E-state index is 0.707. The first-order valence-electron chi connectivity index (χ1n) is 18.3. The summed E-state index contributed by atoms with van der Waals surface area (Å²) in [5, 5.41) is 13.8. The molecule has 3 nitrogen and oxygen atoms in total. The second-order valence-corrected chi connectivity index (χ2v) is 15.1. The lowest BCUT2D eigenvalue weighted by Gasteiger charge is -2.16. The first-order chi connectivity index (χ1) is 26.8. The molecule has 0 saturated carbocycles. The van der Waals surface area contributed by atoms with Crippen LogP contribution >= 0.6 is 11.3 Å². The number of rotatable bonds is 3. The van der Waals surface area contributed by atoms with Crippen LogP contribution in [0.2, 0.25) is 0 Å². The average Bonchev–Trinajstić information content (AvgIpc) is 3.80. The van der Waals surface area contributed by atoms with Crippen LogP contribution < -0.4 is 0 Å². The zero-order chi connectivity index (χ0) is 35.3. The van der Waals surface area contributed by atoms with Crippen LogP contribution in [0.25, 0.3) is 114 Å². The molecule has 0 N–H and O–H groups in total. The summed E-state index contributed by atoms with van der Waals surface area (Å²) in [4.78, 5) is 10.7. The first-order valence-corrected chi connectivity index (χ1v) is 19.2. The fraction of sp³-hybridized carbons (Fsp3) is 0. The van der Waals surface area contributed by atoms with E-state index in [1.54, 1.807) is 0 Å². The standard InChI is InChI=1S/C50H29N3S/c1-2-14-30(15-3-1)31-26-28-32(29-27-31)49-51-40-23-11-8-20-37(40)50(52-49)53-41-24-12-9-21-38(41)45-43-35-18-6-4-16-33(35)34-17-5-7-19-36(34)44(43)46-39-22-10-13-25-42(39)54-48(46)47(45)53/h1-29H. The Labute approximate surface area is 314 Å². The largest absolute Gasteiger partial charge is 0.292 e. The molecular formula is C50H29N3S. The Bertz CT molecular complexity index is 3490. The lowest BCUT2D eigenvalue weighted by atomic mass is 9.89. The number of aromatic nitrogens is 3. The number of benzene rings is 9. The van der Waals surface area contributed by atoms with Gasteiger partial charge in [-0.15, -0.1) is 11.3 Å². The van der Waals surface area contributed by atoms with Gasteiger partial charge in [0.1, 0.15) is 5.82 Å². The van der Waals surface area contributed by atoms with Gasteiger partial charge in [0, 0.05) is 48.0 Å². The van der Waals surface area contributed by atoms with Crippen molar-refractivity contribution in [2.45, 2.75) is 0 Å². The van der Waals surface area contributed by atoms with Gasteiger partial charge in [-0.1, -0.05) is 152 Å². The Hall–Kier alpha value is -6.88. The van der Waals surface area contributed by atoms with Crippen LogP contribution in [0, 0.1) is 0 Å². The monoisotopic (exact) mass is 703 g/mol. The number of thiophene rings is 1. The van der Waals surface area contributed by atoms with Crippen LogP contribution in [0.5, 0.6) is 0 Å². The van der Waals surface area contributed by atoms with Gasteiger partial charge in [0.2, 0.25) is 0 Å². The van der Waals surface area contributed by atoms with Gasteiger partial charge in [0.15, 0.2) is 5.82 Å². The zero-order valence-electron chi connectivity index (χ0n) is 29.0. The number of fused-ring (bicyclic) bond motifs is 16. The summed E-state index contributed by atoms with van der Waals surface area (Å²) in [5.41, 5.74) is 6.58. The fourth-order valence-electron chi connectivity index (χ4n) is 8.85. The predicted molar refractivity (Wildman–Crippen MR) is 230 cm³/mol. The molecule has 0 saturated heterocycles. The van der Waals surface area contributed by atoms with Gasteiger partial charge in [0.05, 0.1) is 21.3 Å². The summed E-state index contributed by atoms with van der Waals surface area (Å²) in [6.45, 7) is 0. The van der Waals surface area contributed by atoms with Crippen molar-refractivity contribution < 1.29 is 0 Å². The Balaban J connectivity index is 1.28. The molecule has 12 rings (SSSR count). The van der Waals surface area contributed by atoms with Crippen LogP contribution in [-0.2, 0) is 0 Å². The third kappa shape index (κ3) is 4.11. The second-order valence-electron chi connectivity index (χ2n) is 14.1.